The van der Waals surface area contributed by atoms with E-state index in [1.165, 1.54) is 0 Å². The molecule has 0 unspecified atom stereocenters. The zero-order valence-electron chi connectivity index (χ0n) is 7.03. The van der Waals surface area contributed by atoms with Crippen molar-refractivity contribution in [2.24, 2.45) is 0 Å². The Morgan fingerprint density at radius 3 is 2.92 bits per heavy atom. The molecule has 0 aliphatic rings. The molecule has 5 heteroatoms. The number of nitrogen functional groups attached to an aromatic ring is 1. The fourth-order valence-electron chi connectivity index (χ4n) is 1.14. The van der Waals surface area contributed by atoms with E-state index in [0.717, 1.165) is 5.69 Å². The number of hydrogen-bond donors (Lipinski definition) is 2. The Kier molecular flexibility index (Phi) is 1.51. The highest BCUT2D eigenvalue weighted by molar-refractivity contribution is 5.73. The summed E-state index contributed by atoms with van der Waals surface area (Å²) in [5, 5.41) is 0. The molecular formula is C8H8N4O. The first-order chi connectivity index (χ1) is 6.16. The van der Waals surface area contributed by atoms with Crippen LogP contribution in [0.15, 0.2) is 16.9 Å². The lowest BCUT2D eigenvalue weighted by Crippen LogP contribution is -2.12. The van der Waals surface area contributed by atoms with E-state index in [1.807, 2.05) is 6.92 Å². The van der Waals surface area contributed by atoms with Gasteiger partial charge in [0.1, 0.15) is 0 Å². The van der Waals surface area contributed by atoms with Gasteiger partial charge in [0.25, 0.3) is 5.56 Å². The van der Waals surface area contributed by atoms with Gasteiger partial charge < -0.3 is 5.73 Å². The number of nitrogens with two attached hydrogens (primary N) is 1. The molecule has 66 valence electrons. The second kappa shape index (κ2) is 2.55. The van der Waals surface area contributed by atoms with E-state index in [9.17, 15) is 4.79 Å². The van der Waals surface area contributed by atoms with Crippen LogP contribution in [0.3, 0.4) is 0 Å². The summed E-state index contributed by atoms with van der Waals surface area (Å²) < 4.78 is 0. The van der Waals surface area contributed by atoms with Crippen LogP contribution in [0.5, 0.6) is 0 Å². The van der Waals surface area contributed by atoms with Gasteiger partial charge in [-0.3, -0.25) is 9.78 Å². The molecule has 0 aromatic carbocycles. The highest BCUT2D eigenvalue weighted by Crippen LogP contribution is 2.05. The summed E-state index contributed by atoms with van der Waals surface area (Å²) in [6.07, 6.45) is 0. The molecule has 3 N–H and O–H groups in total. The second-order valence-electron chi connectivity index (χ2n) is 2.77. The molecule has 2 rings (SSSR count). The smallest absolute Gasteiger partial charge is 0.278 e. The minimum absolute atomic E-state index is 0.114. The fraction of sp³-hybridized carbons (Fsp3) is 0.125. The van der Waals surface area contributed by atoms with E-state index in [0.29, 0.717) is 11.0 Å². The topological polar surface area (TPSA) is 84.7 Å². The van der Waals surface area contributed by atoms with Gasteiger partial charge in [0.05, 0.1) is 5.52 Å². The molecule has 0 amide bonds. The molecule has 0 saturated carbocycles. The number of rotatable bonds is 0. The van der Waals surface area contributed by atoms with Gasteiger partial charge in [-0.1, -0.05) is 0 Å². The van der Waals surface area contributed by atoms with Crippen LogP contribution in [0.1, 0.15) is 5.69 Å². The minimum atomic E-state index is -0.300. The van der Waals surface area contributed by atoms with Crippen molar-refractivity contribution in [1.29, 1.82) is 0 Å². The largest absolute Gasteiger partial charge is 0.369 e. The number of H-pyrrole nitrogens is 1. The third-order valence-electron chi connectivity index (χ3n) is 1.71. The van der Waals surface area contributed by atoms with Crippen molar-refractivity contribution >= 4 is 17.0 Å². The van der Waals surface area contributed by atoms with Crippen molar-refractivity contribution in [3.63, 3.8) is 0 Å². The molecule has 2 heterocycles. The molecule has 2 aromatic rings. The molecule has 0 bridgehead atoms. The predicted octanol–water partition coefficient (Wildman–Crippen LogP) is 0.209. The van der Waals surface area contributed by atoms with E-state index < -0.39 is 0 Å². The van der Waals surface area contributed by atoms with Gasteiger partial charge in [0, 0.05) is 5.69 Å². The molecule has 0 aliphatic carbocycles. The number of aromatic nitrogens is 3. The normalized spacial score (nSPS) is 10.5. The quantitative estimate of drug-likeness (QED) is 0.600. The average Bonchev–Trinajstić information content (AvgIpc) is 2.06. The van der Waals surface area contributed by atoms with Crippen LogP contribution in [0.25, 0.3) is 11.0 Å². The number of aromatic amines is 1. The first kappa shape index (κ1) is 7.72. The van der Waals surface area contributed by atoms with Crippen LogP contribution in [-0.4, -0.2) is 15.0 Å². The van der Waals surface area contributed by atoms with Gasteiger partial charge in [0.15, 0.2) is 5.52 Å². The van der Waals surface area contributed by atoms with E-state index in [1.54, 1.807) is 12.1 Å². The zero-order chi connectivity index (χ0) is 9.42. The molecule has 0 radical (unpaired) electrons. The SMILES string of the molecule is Cc1ccc2nc(N)[nH]c(=O)c2n1. The maximum Gasteiger partial charge on any atom is 0.278 e. The summed E-state index contributed by atoms with van der Waals surface area (Å²) in [4.78, 5) is 21.7. The van der Waals surface area contributed by atoms with Gasteiger partial charge >= 0.3 is 0 Å². The van der Waals surface area contributed by atoms with Crippen LogP contribution in [-0.2, 0) is 0 Å². The van der Waals surface area contributed by atoms with Crippen LogP contribution < -0.4 is 11.3 Å². The van der Waals surface area contributed by atoms with E-state index >= 15 is 0 Å². The number of fused-ring (bicyclic) bond motifs is 1. The van der Waals surface area contributed by atoms with Crippen LogP contribution in [0, 0.1) is 6.92 Å². The summed E-state index contributed by atoms with van der Waals surface area (Å²) in [7, 11) is 0. The van der Waals surface area contributed by atoms with Gasteiger partial charge in [-0.25, -0.2) is 9.97 Å². The zero-order valence-corrected chi connectivity index (χ0v) is 7.03. The Labute approximate surface area is 73.6 Å². The molecule has 2 aromatic heterocycles. The third kappa shape index (κ3) is 1.24. The maximum absolute atomic E-state index is 11.3. The molecule has 0 fully saturated rings. The third-order valence-corrected chi connectivity index (χ3v) is 1.71. The molecule has 0 atom stereocenters. The Bertz CT molecular complexity index is 517. The van der Waals surface area contributed by atoms with Crippen molar-refractivity contribution in [3.05, 3.63) is 28.2 Å². The van der Waals surface area contributed by atoms with E-state index in [2.05, 4.69) is 15.0 Å². The van der Waals surface area contributed by atoms with Crippen molar-refractivity contribution in [3.8, 4) is 0 Å². The Balaban J connectivity index is 2.95. The number of aryl methyl sites for hydroxylation is 1. The van der Waals surface area contributed by atoms with E-state index in [-0.39, 0.29) is 11.5 Å². The van der Waals surface area contributed by atoms with Crippen molar-refractivity contribution in [2.75, 3.05) is 5.73 Å². The van der Waals surface area contributed by atoms with Crippen molar-refractivity contribution in [1.82, 2.24) is 15.0 Å². The second-order valence-corrected chi connectivity index (χ2v) is 2.77. The summed E-state index contributed by atoms with van der Waals surface area (Å²) in [5.41, 5.74) is 6.70. The lowest BCUT2D eigenvalue weighted by Gasteiger charge is -1.97. The van der Waals surface area contributed by atoms with E-state index in [4.69, 9.17) is 5.73 Å². The van der Waals surface area contributed by atoms with Crippen LogP contribution in [0.4, 0.5) is 5.95 Å². The number of hydrogen-bond acceptors (Lipinski definition) is 4. The van der Waals surface area contributed by atoms with Crippen molar-refractivity contribution < 1.29 is 0 Å². The van der Waals surface area contributed by atoms with Gasteiger partial charge in [0.2, 0.25) is 5.95 Å². The summed E-state index contributed by atoms with van der Waals surface area (Å²) in [5.74, 6) is 0.114. The van der Waals surface area contributed by atoms with Gasteiger partial charge in [-0.15, -0.1) is 0 Å². The monoisotopic (exact) mass is 176 g/mol. The number of pyridine rings is 1. The first-order valence-electron chi connectivity index (χ1n) is 3.80. The first-order valence-corrected chi connectivity index (χ1v) is 3.80. The van der Waals surface area contributed by atoms with Gasteiger partial charge in [-0.05, 0) is 19.1 Å². The lowest BCUT2D eigenvalue weighted by atomic mass is 10.3. The van der Waals surface area contributed by atoms with Crippen molar-refractivity contribution in [2.45, 2.75) is 6.92 Å². The highest BCUT2D eigenvalue weighted by Gasteiger charge is 2.02. The maximum atomic E-state index is 11.3. The molecule has 0 spiro atoms. The van der Waals surface area contributed by atoms with Gasteiger partial charge in [-0.2, -0.15) is 0 Å². The molecule has 13 heavy (non-hydrogen) atoms. The molecule has 0 aliphatic heterocycles. The number of anilines is 1. The Morgan fingerprint density at radius 2 is 2.15 bits per heavy atom. The standard InChI is InChI=1S/C8H8N4O/c1-4-2-3-5-6(10-4)7(13)12-8(9)11-5/h2-3H,1H3,(H3,9,11,12,13). The molecular weight excluding hydrogens is 168 g/mol. The van der Waals surface area contributed by atoms with Crippen LogP contribution >= 0.6 is 0 Å². The summed E-state index contributed by atoms with van der Waals surface area (Å²) >= 11 is 0. The highest BCUT2D eigenvalue weighted by atomic mass is 16.1. The average molecular weight is 176 g/mol. The Hall–Kier alpha value is -1.91. The fourth-order valence-corrected chi connectivity index (χ4v) is 1.14. The lowest BCUT2D eigenvalue weighted by molar-refractivity contribution is 1.14. The predicted molar refractivity (Wildman–Crippen MR) is 49.3 cm³/mol. The summed E-state index contributed by atoms with van der Waals surface area (Å²) in [6.45, 7) is 1.81. The summed E-state index contributed by atoms with van der Waals surface area (Å²) in [6, 6.07) is 3.51. The van der Waals surface area contributed by atoms with Crippen LogP contribution in [0.2, 0.25) is 0 Å². The number of nitrogens with one attached hydrogen (secondary N) is 1. The minimum Gasteiger partial charge on any atom is -0.369 e. The molecule has 5 nitrogen and oxygen atoms in total. The number of nitrogens with zero attached hydrogens (tertiary/aromatic N) is 2. The Morgan fingerprint density at radius 1 is 1.38 bits per heavy atom. The molecule has 0 saturated heterocycles.